The van der Waals surface area contributed by atoms with Gasteiger partial charge in [-0.1, -0.05) is 0 Å². The van der Waals surface area contributed by atoms with Crippen LogP contribution in [0.25, 0.3) is 0 Å². The minimum Gasteiger partial charge on any atom is -0.329 e. The van der Waals surface area contributed by atoms with Gasteiger partial charge in [-0.25, -0.2) is 0 Å². The largest absolute Gasteiger partial charge is 0.425 e. The van der Waals surface area contributed by atoms with Crippen LogP contribution in [-0.4, -0.2) is 6.54 Å². The van der Waals surface area contributed by atoms with Crippen LogP contribution in [0.3, 0.4) is 0 Å². The molecule has 0 aliphatic carbocycles. The van der Waals surface area contributed by atoms with E-state index in [1.807, 2.05) is 0 Å². The predicted molar refractivity (Wildman–Crippen MR) is 45.3 cm³/mol. The zero-order valence-electron chi connectivity index (χ0n) is 6.64. The van der Waals surface area contributed by atoms with E-state index in [4.69, 9.17) is 11.5 Å². The van der Waals surface area contributed by atoms with E-state index in [0.717, 1.165) is 6.07 Å². The quantitative estimate of drug-likeness (QED) is 0.781. The number of halogens is 3. The van der Waals surface area contributed by atoms with Crippen LogP contribution in [-0.2, 0) is 6.18 Å². The lowest BCUT2D eigenvalue weighted by Gasteiger charge is -2.04. The third-order valence-corrected chi connectivity index (χ3v) is 2.79. The van der Waals surface area contributed by atoms with Gasteiger partial charge in [-0.05, 0) is 12.1 Å². The number of nitrogens with two attached hydrogens (primary N) is 2. The van der Waals surface area contributed by atoms with Crippen molar-refractivity contribution in [3.63, 3.8) is 0 Å². The van der Waals surface area contributed by atoms with E-state index >= 15 is 0 Å². The molecule has 0 aromatic carbocycles. The number of thiophene rings is 1. The van der Waals surface area contributed by atoms with E-state index in [0.29, 0.717) is 16.2 Å². The molecular formula is C7H9F3N2S. The van der Waals surface area contributed by atoms with E-state index in [2.05, 4.69) is 0 Å². The second-order valence-electron chi connectivity index (χ2n) is 2.54. The van der Waals surface area contributed by atoms with E-state index in [1.165, 1.54) is 6.07 Å². The Morgan fingerprint density at radius 1 is 1.38 bits per heavy atom. The molecule has 0 saturated carbocycles. The normalized spacial score (nSPS) is 14.5. The molecule has 1 heterocycles. The predicted octanol–water partition coefficient (Wildman–Crippen LogP) is 1.73. The standard InChI is InChI=1S/C7H9F3N2S/c8-7(9,10)6-2-1-5(13-6)4(12)3-11/h1-2,4H,3,11-12H2/t4-/m0/s1. The summed E-state index contributed by atoms with van der Waals surface area (Å²) in [6.45, 7) is 0.151. The van der Waals surface area contributed by atoms with Crippen LogP contribution in [0.5, 0.6) is 0 Å². The van der Waals surface area contributed by atoms with Crippen LogP contribution < -0.4 is 11.5 Å². The first-order chi connectivity index (χ1) is 5.95. The number of hydrogen-bond donors (Lipinski definition) is 2. The van der Waals surface area contributed by atoms with Crippen molar-refractivity contribution in [3.8, 4) is 0 Å². The van der Waals surface area contributed by atoms with Gasteiger partial charge in [-0.2, -0.15) is 13.2 Å². The van der Waals surface area contributed by atoms with Crippen molar-refractivity contribution >= 4 is 11.3 Å². The van der Waals surface area contributed by atoms with Crippen molar-refractivity contribution in [1.82, 2.24) is 0 Å². The summed E-state index contributed by atoms with van der Waals surface area (Å²) < 4.78 is 36.3. The molecule has 0 amide bonds. The first kappa shape index (κ1) is 10.5. The Morgan fingerprint density at radius 3 is 2.38 bits per heavy atom. The molecular weight excluding hydrogens is 201 g/mol. The van der Waals surface area contributed by atoms with E-state index < -0.39 is 17.1 Å². The van der Waals surface area contributed by atoms with Gasteiger partial charge in [0.05, 0.1) is 6.04 Å². The highest BCUT2D eigenvalue weighted by molar-refractivity contribution is 7.12. The molecule has 2 nitrogen and oxygen atoms in total. The molecule has 1 atom stereocenters. The van der Waals surface area contributed by atoms with Crippen LogP contribution in [0.15, 0.2) is 12.1 Å². The van der Waals surface area contributed by atoms with Crippen LogP contribution in [0, 0.1) is 0 Å². The molecule has 1 aromatic heterocycles. The maximum absolute atomic E-state index is 12.1. The number of alkyl halides is 3. The Balaban J connectivity index is 2.87. The summed E-state index contributed by atoms with van der Waals surface area (Å²) in [6.07, 6.45) is -4.28. The SMILES string of the molecule is NC[C@H](N)c1ccc(C(F)(F)F)s1. The molecule has 0 fully saturated rings. The van der Waals surface area contributed by atoms with Gasteiger partial charge in [-0.15, -0.1) is 11.3 Å². The van der Waals surface area contributed by atoms with E-state index in [-0.39, 0.29) is 6.54 Å². The van der Waals surface area contributed by atoms with Gasteiger partial charge in [0.15, 0.2) is 0 Å². The van der Waals surface area contributed by atoms with Crippen LogP contribution in [0.1, 0.15) is 15.8 Å². The van der Waals surface area contributed by atoms with Crippen molar-refractivity contribution in [2.24, 2.45) is 11.5 Å². The summed E-state index contributed by atoms with van der Waals surface area (Å²) in [5.41, 5.74) is 10.7. The molecule has 1 aromatic rings. The van der Waals surface area contributed by atoms with Crippen molar-refractivity contribution in [3.05, 3.63) is 21.9 Å². The van der Waals surface area contributed by atoms with Crippen LogP contribution >= 0.6 is 11.3 Å². The lowest BCUT2D eigenvalue weighted by atomic mass is 10.2. The molecule has 0 unspecified atom stereocenters. The van der Waals surface area contributed by atoms with Crippen LogP contribution in [0.2, 0.25) is 0 Å². The fourth-order valence-corrected chi connectivity index (χ4v) is 1.71. The maximum atomic E-state index is 12.1. The summed E-state index contributed by atoms with van der Waals surface area (Å²) in [4.78, 5) is -0.166. The Labute approximate surface area is 77.3 Å². The molecule has 0 saturated heterocycles. The Morgan fingerprint density at radius 2 is 2.00 bits per heavy atom. The second-order valence-corrected chi connectivity index (χ2v) is 3.66. The Hall–Kier alpha value is -0.590. The highest BCUT2D eigenvalue weighted by Gasteiger charge is 2.32. The Kier molecular flexibility index (Phi) is 2.94. The third kappa shape index (κ3) is 2.43. The number of hydrogen-bond acceptors (Lipinski definition) is 3. The first-order valence-electron chi connectivity index (χ1n) is 3.57. The van der Waals surface area contributed by atoms with E-state index in [9.17, 15) is 13.2 Å². The zero-order chi connectivity index (χ0) is 10.1. The molecule has 13 heavy (non-hydrogen) atoms. The van der Waals surface area contributed by atoms with Gasteiger partial charge in [0.1, 0.15) is 4.88 Å². The van der Waals surface area contributed by atoms with Gasteiger partial charge < -0.3 is 11.5 Å². The van der Waals surface area contributed by atoms with Gasteiger partial charge in [0, 0.05) is 11.4 Å². The highest BCUT2D eigenvalue weighted by atomic mass is 32.1. The lowest BCUT2D eigenvalue weighted by Crippen LogP contribution is -2.19. The fourth-order valence-electron chi connectivity index (χ4n) is 0.821. The highest BCUT2D eigenvalue weighted by Crippen LogP contribution is 2.35. The molecule has 6 heteroatoms. The summed E-state index contributed by atoms with van der Waals surface area (Å²) in [5.74, 6) is 0. The third-order valence-electron chi connectivity index (χ3n) is 1.53. The molecule has 0 aliphatic rings. The minimum atomic E-state index is -4.28. The van der Waals surface area contributed by atoms with Gasteiger partial charge in [-0.3, -0.25) is 0 Å². The average Bonchev–Trinajstić information content (AvgIpc) is 2.50. The monoisotopic (exact) mass is 210 g/mol. The van der Waals surface area contributed by atoms with Gasteiger partial charge in [0.2, 0.25) is 0 Å². The van der Waals surface area contributed by atoms with Crippen LogP contribution in [0.4, 0.5) is 13.2 Å². The maximum Gasteiger partial charge on any atom is 0.425 e. The van der Waals surface area contributed by atoms with Crippen molar-refractivity contribution in [2.75, 3.05) is 6.54 Å². The fraction of sp³-hybridized carbons (Fsp3) is 0.429. The minimum absolute atomic E-state index is 0.151. The molecule has 0 spiro atoms. The van der Waals surface area contributed by atoms with Crippen molar-refractivity contribution in [2.45, 2.75) is 12.2 Å². The zero-order valence-corrected chi connectivity index (χ0v) is 7.45. The lowest BCUT2D eigenvalue weighted by molar-refractivity contribution is -0.134. The first-order valence-corrected chi connectivity index (χ1v) is 4.39. The van der Waals surface area contributed by atoms with Crippen molar-refractivity contribution in [1.29, 1.82) is 0 Å². The summed E-state index contributed by atoms with van der Waals surface area (Å²) in [7, 11) is 0. The summed E-state index contributed by atoms with van der Waals surface area (Å²) in [5, 5.41) is 0. The molecule has 74 valence electrons. The van der Waals surface area contributed by atoms with E-state index in [1.54, 1.807) is 0 Å². The summed E-state index contributed by atoms with van der Waals surface area (Å²) in [6, 6.07) is 1.89. The molecule has 4 N–H and O–H groups in total. The van der Waals surface area contributed by atoms with Gasteiger partial charge >= 0.3 is 6.18 Å². The number of rotatable bonds is 2. The molecule has 1 rings (SSSR count). The van der Waals surface area contributed by atoms with Gasteiger partial charge in [0.25, 0.3) is 0 Å². The molecule has 0 aliphatic heterocycles. The summed E-state index contributed by atoms with van der Waals surface area (Å²) >= 11 is 0.642. The van der Waals surface area contributed by atoms with Crippen molar-refractivity contribution < 1.29 is 13.2 Å². The molecule has 0 radical (unpaired) electrons. The average molecular weight is 210 g/mol. The Bertz CT molecular complexity index is 282. The molecule has 0 bridgehead atoms. The second kappa shape index (κ2) is 3.65. The smallest absolute Gasteiger partial charge is 0.329 e. The topological polar surface area (TPSA) is 52.0 Å².